The van der Waals surface area contributed by atoms with Gasteiger partial charge in [-0.25, -0.2) is 4.79 Å². The van der Waals surface area contributed by atoms with Gasteiger partial charge in [0.25, 0.3) is 0 Å². The van der Waals surface area contributed by atoms with Crippen molar-refractivity contribution >= 4 is 23.9 Å². The molecule has 400 valence electrons. The number of carbonyl (C=O) groups excluding carboxylic acids is 3. The van der Waals surface area contributed by atoms with Crippen LogP contribution < -0.4 is 0 Å². The molecular weight excluding hydrogens is 877 g/mol. The lowest BCUT2D eigenvalue weighted by Crippen LogP contribution is -2.61. The van der Waals surface area contributed by atoms with E-state index < -0.39 is 67.3 Å². The molecule has 12 nitrogen and oxygen atoms in total. The summed E-state index contributed by atoms with van der Waals surface area (Å²) >= 11 is 0. The fourth-order valence-corrected chi connectivity index (χ4v) is 8.27. The zero-order chi connectivity index (χ0) is 50.4. The lowest BCUT2D eigenvalue weighted by molar-refractivity contribution is -0.301. The van der Waals surface area contributed by atoms with E-state index in [2.05, 4.69) is 57.2 Å². The summed E-state index contributed by atoms with van der Waals surface area (Å²) in [6.07, 6.45) is 39.9. The Morgan fingerprint density at radius 1 is 0.464 bits per heavy atom. The third-order valence-corrected chi connectivity index (χ3v) is 12.7. The summed E-state index contributed by atoms with van der Waals surface area (Å²) in [5.74, 6) is -3.14. The van der Waals surface area contributed by atoms with Gasteiger partial charge in [-0.05, 0) is 83.5 Å². The lowest BCUT2D eigenvalue weighted by atomic mass is 9.98. The van der Waals surface area contributed by atoms with Crippen LogP contribution in [0.5, 0.6) is 0 Å². The maximum absolute atomic E-state index is 13.1. The largest absolute Gasteiger partial charge is 0.479 e. The molecule has 1 fully saturated rings. The molecule has 1 aliphatic heterocycles. The molecule has 3 N–H and O–H groups in total. The van der Waals surface area contributed by atoms with E-state index in [1.165, 1.54) is 89.9 Å². The van der Waals surface area contributed by atoms with E-state index in [0.717, 1.165) is 103 Å². The molecule has 0 amide bonds. The van der Waals surface area contributed by atoms with Crippen LogP contribution in [0.25, 0.3) is 0 Å². The maximum atomic E-state index is 13.1. The van der Waals surface area contributed by atoms with Crippen LogP contribution in [0.3, 0.4) is 0 Å². The summed E-state index contributed by atoms with van der Waals surface area (Å²) in [5, 5.41) is 31.3. The van der Waals surface area contributed by atoms with Gasteiger partial charge in [-0.2, -0.15) is 0 Å². The van der Waals surface area contributed by atoms with E-state index in [9.17, 15) is 34.5 Å². The first-order valence-corrected chi connectivity index (χ1v) is 28.0. The van der Waals surface area contributed by atoms with Gasteiger partial charge in [0.1, 0.15) is 18.8 Å². The predicted molar refractivity (Wildman–Crippen MR) is 276 cm³/mol. The summed E-state index contributed by atoms with van der Waals surface area (Å²) in [6, 6.07) is 0. The third kappa shape index (κ3) is 36.5. The Kier molecular flexibility index (Phi) is 42.7. The molecule has 6 unspecified atom stereocenters. The number of aliphatic hydroxyl groups is 2. The number of carbonyl (C=O) groups is 4. The second-order valence-corrected chi connectivity index (χ2v) is 19.2. The van der Waals surface area contributed by atoms with Crippen molar-refractivity contribution in [2.45, 2.75) is 289 Å². The molecule has 0 aromatic carbocycles. The number of aliphatic hydroxyl groups excluding tert-OH is 2. The SMILES string of the molecule is CCCC/C=C\CCCCCCCC(=O)OC(COC(=O)CCCCCCCCC/C=C\CCCCCCCC)COC1OC(C(=O)O)C(O)C(O)C1OC(=O)CCCCCCC/C=C\CCCC. The number of hydrogen-bond acceptors (Lipinski definition) is 11. The summed E-state index contributed by atoms with van der Waals surface area (Å²) in [6.45, 7) is 5.88. The van der Waals surface area contributed by atoms with Crippen LogP contribution in [0.15, 0.2) is 36.5 Å². The average Bonchev–Trinajstić information content (AvgIpc) is 3.33. The van der Waals surface area contributed by atoms with Gasteiger partial charge in [-0.1, -0.05) is 186 Å². The molecule has 0 aromatic rings. The van der Waals surface area contributed by atoms with Gasteiger partial charge in [0.2, 0.25) is 0 Å². The second-order valence-electron chi connectivity index (χ2n) is 19.2. The number of aliphatic carboxylic acids is 1. The Morgan fingerprint density at radius 2 is 0.841 bits per heavy atom. The molecule has 69 heavy (non-hydrogen) atoms. The maximum Gasteiger partial charge on any atom is 0.335 e. The summed E-state index contributed by atoms with van der Waals surface area (Å²) < 4.78 is 28.3. The number of carboxylic acid groups (broad SMARTS) is 1. The van der Waals surface area contributed by atoms with E-state index in [1.54, 1.807) is 0 Å². The van der Waals surface area contributed by atoms with Crippen LogP contribution in [-0.4, -0.2) is 89.2 Å². The molecule has 12 heteroatoms. The number of hydrogen-bond donors (Lipinski definition) is 3. The van der Waals surface area contributed by atoms with Gasteiger partial charge >= 0.3 is 23.9 Å². The van der Waals surface area contributed by atoms with Crippen LogP contribution >= 0.6 is 0 Å². The number of carboxylic acids is 1. The van der Waals surface area contributed by atoms with Crippen molar-refractivity contribution in [3.63, 3.8) is 0 Å². The smallest absolute Gasteiger partial charge is 0.335 e. The highest BCUT2D eigenvalue weighted by Gasteiger charge is 2.50. The highest BCUT2D eigenvalue weighted by atomic mass is 16.7. The van der Waals surface area contributed by atoms with E-state index in [4.69, 9.17) is 23.7 Å². The molecule has 0 saturated carbocycles. The fraction of sp³-hybridized carbons (Fsp3) is 0.825. The van der Waals surface area contributed by atoms with Gasteiger partial charge in [0, 0.05) is 19.3 Å². The zero-order valence-corrected chi connectivity index (χ0v) is 43.8. The van der Waals surface area contributed by atoms with Crippen molar-refractivity contribution in [3.8, 4) is 0 Å². The van der Waals surface area contributed by atoms with Gasteiger partial charge in [0.15, 0.2) is 24.6 Å². The fourth-order valence-electron chi connectivity index (χ4n) is 8.27. The van der Waals surface area contributed by atoms with Gasteiger partial charge in [-0.3, -0.25) is 14.4 Å². The number of allylic oxidation sites excluding steroid dienone is 6. The van der Waals surface area contributed by atoms with Gasteiger partial charge < -0.3 is 39.0 Å². The van der Waals surface area contributed by atoms with Crippen LogP contribution in [0.2, 0.25) is 0 Å². The van der Waals surface area contributed by atoms with Crippen molar-refractivity contribution in [2.75, 3.05) is 13.2 Å². The van der Waals surface area contributed by atoms with Crippen LogP contribution in [0.1, 0.15) is 252 Å². The van der Waals surface area contributed by atoms with E-state index >= 15 is 0 Å². The van der Waals surface area contributed by atoms with Crippen molar-refractivity contribution in [3.05, 3.63) is 36.5 Å². The summed E-state index contributed by atoms with van der Waals surface area (Å²) in [7, 11) is 0. The number of ether oxygens (including phenoxy) is 5. The molecule has 0 aliphatic carbocycles. The highest BCUT2D eigenvalue weighted by Crippen LogP contribution is 2.26. The standard InChI is InChI=1S/C57H100O12/c1-4-7-10-13-16-19-22-23-24-25-26-27-30-31-34-37-40-43-49(58)65-46-48(67-50(59)44-41-38-35-32-28-20-17-14-11-8-5-2)47-66-57-55(53(62)52(61)54(69-57)56(63)64)68-51(60)45-42-39-36-33-29-21-18-15-12-9-6-3/h14-15,17-18,23-24,48,52-55,57,61-62H,4-13,16,19-22,25-47H2,1-3H3,(H,63,64)/b17-14-,18-15-,24-23-. The normalized spacial score (nSPS) is 18.9. The average molecular weight is 977 g/mol. The summed E-state index contributed by atoms with van der Waals surface area (Å²) in [4.78, 5) is 50.9. The van der Waals surface area contributed by atoms with Crippen molar-refractivity contribution in [2.24, 2.45) is 0 Å². The Morgan fingerprint density at radius 3 is 1.28 bits per heavy atom. The molecule has 0 radical (unpaired) electrons. The lowest BCUT2D eigenvalue weighted by Gasteiger charge is -2.40. The quantitative estimate of drug-likeness (QED) is 0.0228. The van der Waals surface area contributed by atoms with E-state index in [-0.39, 0.29) is 25.9 Å². The molecule has 1 saturated heterocycles. The molecule has 1 heterocycles. The molecule has 0 bridgehead atoms. The Labute approximate surface area is 419 Å². The number of esters is 3. The number of unbranched alkanes of at least 4 members (excludes halogenated alkanes) is 27. The predicted octanol–water partition coefficient (Wildman–Crippen LogP) is 13.7. The monoisotopic (exact) mass is 977 g/mol. The van der Waals surface area contributed by atoms with Crippen molar-refractivity contribution < 1.29 is 58.2 Å². The number of rotatable bonds is 47. The minimum atomic E-state index is -1.90. The van der Waals surface area contributed by atoms with E-state index in [0.29, 0.717) is 19.3 Å². The second kappa shape index (κ2) is 46.0. The third-order valence-electron chi connectivity index (χ3n) is 12.7. The Balaban J connectivity index is 2.69. The Hall–Kier alpha value is -3.06. The molecular formula is C57H100O12. The minimum absolute atomic E-state index is 0.0505. The van der Waals surface area contributed by atoms with E-state index in [1.807, 2.05) is 0 Å². The first-order valence-electron chi connectivity index (χ1n) is 28.0. The Bertz CT molecular complexity index is 1350. The van der Waals surface area contributed by atoms with Gasteiger partial charge in [0.05, 0.1) is 6.61 Å². The molecule has 0 spiro atoms. The van der Waals surface area contributed by atoms with Crippen molar-refractivity contribution in [1.29, 1.82) is 0 Å². The minimum Gasteiger partial charge on any atom is -0.479 e. The highest BCUT2D eigenvalue weighted by molar-refractivity contribution is 5.74. The first-order chi connectivity index (χ1) is 33.6. The molecule has 1 rings (SSSR count). The van der Waals surface area contributed by atoms with Crippen LogP contribution in [-0.2, 0) is 42.9 Å². The zero-order valence-electron chi connectivity index (χ0n) is 43.8. The van der Waals surface area contributed by atoms with Crippen LogP contribution in [0.4, 0.5) is 0 Å². The van der Waals surface area contributed by atoms with Crippen molar-refractivity contribution in [1.82, 2.24) is 0 Å². The topological polar surface area (TPSA) is 175 Å². The summed E-state index contributed by atoms with van der Waals surface area (Å²) in [5.41, 5.74) is 0. The molecule has 1 aliphatic rings. The first kappa shape index (κ1) is 64.0. The molecule has 6 atom stereocenters. The molecule has 0 aromatic heterocycles. The van der Waals surface area contributed by atoms with Gasteiger partial charge in [-0.15, -0.1) is 0 Å². The van der Waals surface area contributed by atoms with Crippen LogP contribution in [0, 0.1) is 0 Å².